The molecule has 1 saturated carbocycles. The van der Waals surface area contributed by atoms with Crippen LogP contribution in [0.1, 0.15) is 12.8 Å². The van der Waals surface area contributed by atoms with Gasteiger partial charge in [0.15, 0.2) is 0 Å². The van der Waals surface area contributed by atoms with E-state index in [0.29, 0.717) is 19.7 Å². The van der Waals surface area contributed by atoms with E-state index in [-0.39, 0.29) is 12.1 Å². The summed E-state index contributed by atoms with van der Waals surface area (Å²) in [5.74, 6) is 0. The van der Waals surface area contributed by atoms with E-state index in [4.69, 9.17) is 4.74 Å². The number of nitrogens with zero attached hydrogens (tertiary/aromatic N) is 1. The third kappa shape index (κ3) is 3.39. The third-order valence-electron chi connectivity index (χ3n) is 2.77. The van der Waals surface area contributed by atoms with Crippen molar-refractivity contribution < 1.29 is 13.2 Å². The Morgan fingerprint density at radius 3 is 2.81 bits per heavy atom. The first-order chi connectivity index (χ1) is 7.58. The van der Waals surface area contributed by atoms with Crippen molar-refractivity contribution in [2.45, 2.75) is 25.0 Å². The minimum Gasteiger partial charge on any atom is -0.374 e. The van der Waals surface area contributed by atoms with Crippen molar-refractivity contribution in [3.05, 3.63) is 0 Å². The van der Waals surface area contributed by atoms with Crippen molar-refractivity contribution in [1.82, 2.24) is 14.3 Å². The maximum Gasteiger partial charge on any atom is 0.279 e. The van der Waals surface area contributed by atoms with Crippen LogP contribution in [0.3, 0.4) is 0 Å². The Morgan fingerprint density at radius 1 is 1.50 bits per heavy atom. The molecule has 2 rings (SSSR count). The number of morpholine rings is 1. The first-order valence-corrected chi connectivity index (χ1v) is 7.08. The van der Waals surface area contributed by atoms with E-state index in [1.165, 1.54) is 4.31 Å². The largest absolute Gasteiger partial charge is 0.374 e. The van der Waals surface area contributed by atoms with Crippen LogP contribution in [-0.2, 0) is 14.9 Å². The zero-order valence-corrected chi connectivity index (χ0v) is 10.3. The maximum absolute atomic E-state index is 11.8. The summed E-state index contributed by atoms with van der Waals surface area (Å²) in [5.41, 5.74) is 0. The fraction of sp³-hybridized carbons (Fsp3) is 1.00. The maximum atomic E-state index is 11.8. The standard InChI is InChI=1S/C9H19N3O3S/c1-12(7-9-6-10-4-5-15-9)16(13,14)11-8-2-3-8/h8-11H,2-7H2,1H3. The summed E-state index contributed by atoms with van der Waals surface area (Å²) in [6.45, 7) is 2.60. The van der Waals surface area contributed by atoms with Gasteiger partial charge in [0.2, 0.25) is 0 Å². The predicted molar refractivity (Wildman–Crippen MR) is 60.3 cm³/mol. The second-order valence-electron chi connectivity index (χ2n) is 4.37. The molecule has 1 unspecified atom stereocenters. The van der Waals surface area contributed by atoms with E-state index in [1.807, 2.05) is 0 Å². The summed E-state index contributed by atoms with van der Waals surface area (Å²) in [6.07, 6.45) is 1.86. The lowest BCUT2D eigenvalue weighted by atomic mass is 10.3. The number of rotatable bonds is 5. The molecule has 94 valence electrons. The Hall–Kier alpha value is -0.210. The molecule has 1 saturated heterocycles. The SMILES string of the molecule is CN(CC1CNCCO1)S(=O)(=O)NC1CC1. The second kappa shape index (κ2) is 4.97. The van der Waals surface area contributed by atoms with Gasteiger partial charge in [-0.2, -0.15) is 17.4 Å². The third-order valence-corrected chi connectivity index (χ3v) is 4.37. The highest BCUT2D eigenvalue weighted by Crippen LogP contribution is 2.20. The van der Waals surface area contributed by atoms with Crippen LogP contribution in [0, 0.1) is 0 Å². The Bertz CT molecular complexity index is 323. The Balaban J connectivity index is 1.82. The van der Waals surface area contributed by atoms with Gasteiger partial charge in [-0.25, -0.2) is 0 Å². The molecule has 0 aromatic rings. The van der Waals surface area contributed by atoms with Gasteiger partial charge < -0.3 is 10.1 Å². The molecular weight excluding hydrogens is 230 g/mol. The summed E-state index contributed by atoms with van der Waals surface area (Å²) >= 11 is 0. The highest BCUT2D eigenvalue weighted by Gasteiger charge is 2.30. The van der Waals surface area contributed by atoms with Crippen LogP contribution in [0.15, 0.2) is 0 Å². The lowest BCUT2D eigenvalue weighted by Crippen LogP contribution is -2.48. The number of hydrogen-bond acceptors (Lipinski definition) is 4. The van der Waals surface area contributed by atoms with Crippen LogP contribution in [0.25, 0.3) is 0 Å². The average Bonchev–Trinajstić information content (AvgIpc) is 3.02. The van der Waals surface area contributed by atoms with Gasteiger partial charge in [0.05, 0.1) is 12.7 Å². The van der Waals surface area contributed by atoms with Crippen LogP contribution in [0.5, 0.6) is 0 Å². The monoisotopic (exact) mass is 249 g/mol. The van der Waals surface area contributed by atoms with Crippen LogP contribution in [-0.4, -0.2) is 58.2 Å². The summed E-state index contributed by atoms with van der Waals surface area (Å²) in [5, 5.41) is 3.18. The number of nitrogens with one attached hydrogen (secondary N) is 2. The molecular formula is C9H19N3O3S. The van der Waals surface area contributed by atoms with Gasteiger partial charge in [0, 0.05) is 32.7 Å². The van der Waals surface area contributed by atoms with E-state index in [2.05, 4.69) is 10.0 Å². The van der Waals surface area contributed by atoms with Crippen LogP contribution < -0.4 is 10.0 Å². The van der Waals surface area contributed by atoms with Crippen molar-refractivity contribution in [3.8, 4) is 0 Å². The Kier molecular flexibility index (Phi) is 3.81. The van der Waals surface area contributed by atoms with Gasteiger partial charge in [-0.15, -0.1) is 0 Å². The summed E-state index contributed by atoms with van der Waals surface area (Å²) in [4.78, 5) is 0. The number of likely N-dealkylation sites (N-methyl/N-ethyl adjacent to an activating group) is 1. The predicted octanol–water partition coefficient (Wildman–Crippen LogP) is -1.10. The first kappa shape index (κ1) is 12.3. The highest BCUT2D eigenvalue weighted by molar-refractivity contribution is 7.87. The number of ether oxygens (including phenoxy) is 1. The number of hydrogen-bond donors (Lipinski definition) is 2. The molecule has 0 amide bonds. The Morgan fingerprint density at radius 2 is 2.25 bits per heavy atom. The molecule has 0 spiro atoms. The smallest absolute Gasteiger partial charge is 0.279 e. The fourth-order valence-electron chi connectivity index (χ4n) is 1.62. The van der Waals surface area contributed by atoms with Gasteiger partial charge in [-0.05, 0) is 12.8 Å². The molecule has 0 bridgehead atoms. The van der Waals surface area contributed by atoms with E-state index in [1.54, 1.807) is 7.05 Å². The summed E-state index contributed by atoms with van der Waals surface area (Å²) < 4.78 is 33.0. The topological polar surface area (TPSA) is 70.7 Å². The lowest BCUT2D eigenvalue weighted by molar-refractivity contribution is 0.0205. The molecule has 1 atom stereocenters. The summed E-state index contributed by atoms with van der Waals surface area (Å²) in [6, 6.07) is 0.151. The molecule has 6 nitrogen and oxygen atoms in total. The first-order valence-electron chi connectivity index (χ1n) is 5.64. The second-order valence-corrected chi connectivity index (χ2v) is 6.18. The van der Waals surface area contributed by atoms with Crippen molar-refractivity contribution in [3.63, 3.8) is 0 Å². The van der Waals surface area contributed by atoms with Crippen molar-refractivity contribution >= 4 is 10.2 Å². The van der Waals surface area contributed by atoms with Gasteiger partial charge in [-0.3, -0.25) is 0 Å². The van der Waals surface area contributed by atoms with Gasteiger partial charge in [0.1, 0.15) is 0 Å². The van der Waals surface area contributed by atoms with Crippen molar-refractivity contribution in [2.24, 2.45) is 0 Å². The Labute approximate surface area is 96.5 Å². The minimum absolute atomic E-state index is 0.0467. The normalized spacial score (nSPS) is 27.2. The van der Waals surface area contributed by atoms with Crippen LogP contribution in [0.2, 0.25) is 0 Å². The molecule has 2 aliphatic rings. The molecule has 16 heavy (non-hydrogen) atoms. The molecule has 7 heteroatoms. The van der Waals surface area contributed by atoms with Crippen molar-refractivity contribution in [2.75, 3.05) is 33.3 Å². The molecule has 1 aliphatic heterocycles. The average molecular weight is 249 g/mol. The van der Waals surface area contributed by atoms with E-state index in [0.717, 1.165) is 19.4 Å². The lowest BCUT2D eigenvalue weighted by Gasteiger charge is -2.27. The highest BCUT2D eigenvalue weighted by atomic mass is 32.2. The van der Waals surface area contributed by atoms with E-state index < -0.39 is 10.2 Å². The fourth-order valence-corrected chi connectivity index (χ4v) is 2.82. The molecule has 0 aromatic heterocycles. The van der Waals surface area contributed by atoms with E-state index in [9.17, 15) is 8.42 Å². The summed E-state index contributed by atoms with van der Waals surface area (Å²) in [7, 11) is -1.73. The van der Waals surface area contributed by atoms with Crippen LogP contribution in [0.4, 0.5) is 0 Å². The molecule has 1 aliphatic carbocycles. The van der Waals surface area contributed by atoms with Gasteiger partial charge >= 0.3 is 0 Å². The minimum atomic E-state index is -3.32. The molecule has 2 fully saturated rings. The van der Waals surface area contributed by atoms with E-state index >= 15 is 0 Å². The van der Waals surface area contributed by atoms with Crippen LogP contribution >= 0.6 is 0 Å². The molecule has 0 aromatic carbocycles. The zero-order valence-electron chi connectivity index (χ0n) is 9.48. The molecule has 0 radical (unpaired) electrons. The van der Waals surface area contributed by atoms with Gasteiger partial charge in [0.25, 0.3) is 10.2 Å². The van der Waals surface area contributed by atoms with Crippen molar-refractivity contribution in [1.29, 1.82) is 0 Å². The molecule has 2 N–H and O–H groups in total. The molecule has 1 heterocycles. The quantitative estimate of drug-likeness (QED) is 0.649. The zero-order chi connectivity index (χ0) is 11.6. The van der Waals surface area contributed by atoms with Gasteiger partial charge in [-0.1, -0.05) is 0 Å².